The molecule has 0 atom stereocenters. The van der Waals surface area contributed by atoms with Crippen molar-refractivity contribution in [2.75, 3.05) is 12.4 Å². The number of carbonyl (C=O) groups is 1. The quantitative estimate of drug-likeness (QED) is 0.744. The Balaban J connectivity index is 1.97. The first-order valence-corrected chi connectivity index (χ1v) is 5.84. The van der Waals surface area contributed by atoms with Crippen LogP contribution in [0.2, 0.25) is 0 Å². The zero-order valence-corrected chi connectivity index (χ0v) is 10.5. The predicted octanol–water partition coefficient (Wildman–Crippen LogP) is 3.68. The van der Waals surface area contributed by atoms with Crippen molar-refractivity contribution >= 4 is 11.8 Å². The minimum Gasteiger partial charge on any atom is -0.493 e. The van der Waals surface area contributed by atoms with Gasteiger partial charge in [-0.25, -0.2) is 4.79 Å². The van der Waals surface area contributed by atoms with Gasteiger partial charge in [0.1, 0.15) is 0 Å². The minimum absolute atomic E-state index is 0.409. The van der Waals surface area contributed by atoms with Gasteiger partial charge >= 0.3 is 6.09 Å². The molecule has 102 valence electrons. The molecule has 0 radical (unpaired) electrons. The second kappa shape index (κ2) is 4.65. The van der Waals surface area contributed by atoms with E-state index in [-0.39, 0.29) is 0 Å². The van der Waals surface area contributed by atoms with Crippen LogP contribution in [0.3, 0.4) is 0 Å². The molecule has 2 aromatic carbocycles. The van der Waals surface area contributed by atoms with Gasteiger partial charge in [-0.15, -0.1) is 0 Å². The summed E-state index contributed by atoms with van der Waals surface area (Å²) in [5, 5.41) is 11.0. The van der Waals surface area contributed by atoms with E-state index in [1.807, 2.05) is 0 Å². The second-order valence-corrected chi connectivity index (χ2v) is 4.08. The third kappa shape index (κ3) is 2.07. The summed E-state index contributed by atoms with van der Waals surface area (Å²) >= 11 is 0. The smallest absolute Gasteiger partial charge is 0.409 e. The number of methoxy groups -OCH3 is 1. The van der Waals surface area contributed by atoms with Gasteiger partial charge in [-0.05, 0) is 24.3 Å². The van der Waals surface area contributed by atoms with Crippen LogP contribution in [0, 0.1) is 0 Å². The molecule has 0 unspecified atom stereocenters. The standard InChI is InChI=1S/C14H11NO5/c1-18-10-3-2-4-11-13(10)20-9-6-5-8(15-14(16)17)7-12(9)19-11/h2-7,15H,1H3,(H,16,17). The maximum Gasteiger partial charge on any atom is 0.409 e. The third-order valence-electron chi connectivity index (χ3n) is 2.79. The molecule has 0 spiro atoms. The van der Waals surface area contributed by atoms with Crippen LogP contribution in [0.1, 0.15) is 0 Å². The van der Waals surface area contributed by atoms with E-state index in [0.29, 0.717) is 34.4 Å². The van der Waals surface area contributed by atoms with Crippen molar-refractivity contribution in [2.45, 2.75) is 0 Å². The summed E-state index contributed by atoms with van der Waals surface area (Å²) in [6.45, 7) is 0. The SMILES string of the molecule is COc1cccc2c1Oc1ccc(NC(=O)O)cc1O2. The fraction of sp³-hybridized carbons (Fsp3) is 0.0714. The molecule has 0 saturated heterocycles. The summed E-state index contributed by atoms with van der Waals surface area (Å²) in [7, 11) is 1.55. The minimum atomic E-state index is -1.14. The highest BCUT2D eigenvalue weighted by atomic mass is 16.6. The van der Waals surface area contributed by atoms with Crippen LogP contribution in [-0.2, 0) is 0 Å². The van der Waals surface area contributed by atoms with Crippen molar-refractivity contribution in [3.63, 3.8) is 0 Å². The largest absolute Gasteiger partial charge is 0.493 e. The fourth-order valence-corrected chi connectivity index (χ4v) is 1.94. The van der Waals surface area contributed by atoms with E-state index >= 15 is 0 Å². The first-order valence-electron chi connectivity index (χ1n) is 5.84. The Labute approximate surface area is 114 Å². The van der Waals surface area contributed by atoms with Crippen LogP contribution in [0.4, 0.5) is 10.5 Å². The van der Waals surface area contributed by atoms with Gasteiger partial charge in [0.25, 0.3) is 0 Å². The van der Waals surface area contributed by atoms with E-state index in [2.05, 4.69) is 5.32 Å². The molecule has 1 aliphatic heterocycles. The number of hydrogen-bond acceptors (Lipinski definition) is 4. The number of anilines is 1. The van der Waals surface area contributed by atoms with Crippen molar-refractivity contribution in [1.29, 1.82) is 0 Å². The van der Waals surface area contributed by atoms with Gasteiger partial charge in [-0.3, -0.25) is 5.32 Å². The van der Waals surface area contributed by atoms with Gasteiger partial charge in [0.15, 0.2) is 23.0 Å². The molecule has 2 N–H and O–H groups in total. The van der Waals surface area contributed by atoms with E-state index in [1.165, 1.54) is 0 Å². The molecule has 0 bridgehead atoms. The van der Waals surface area contributed by atoms with Crippen molar-refractivity contribution in [3.05, 3.63) is 36.4 Å². The summed E-state index contributed by atoms with van der Waals surface area (Å²) in [4.78, 5) is 10.6. The summed E-state index contributed by atoms with van der Waals surface area (Å²) in [6, 6.07) is 10.1. The molecule has 0 saturated carbocycles. The monoisotopic (exact) mass is 273 g/mol. The molecule has 1 amide bonds. The van der Waals surface area contributed by atoms with Gasteiger partial charge in [-0.2, -0.15) is 0 Å². The summed E-state index contributed by atoms with van der Waals surface area (Å²) in [5.41, 5.74) is 0.409. The molecule has 6 heteroatoms. The number of hydrogen-bond donors (Lipinski definition) is 2. The lowest BCUT2D eigenvalue weighted by atomic mass is 10.2. The molecule has 6 nitrogen and oxygen atoms in total. The van der Waals surface area contributed by atoms with E-state index in [1.54, 1.807) is 43.5 Å². The molecule has 1 aliphatic rings. The number of rotatable bonds is 2. The average Bonchev–Trinajstić information content (AvgIpc) is 2.43. The van der Waals surface area contributed by atoms with E-state index in [9.17, 15) is 4.79 Å². The molecule has 0 aliphatic carbocycles. The Morgan fingerprint density at radius 2 is 2.00 bits per heavy atom. The number of ether oxygens (including phenoxy) is 3. The zero-order chi connectivity index (χ0) is 14.1. The normalized spacial score (nSPS) is 11.4. The second-order valence-electron chi connectivity index (χ2n) is 4.08. The van der Waals surface area contributed by atoms with Crippen LogP contribution in [0.25, 0.3) is 0 Å². The molecular formula is C14H11NO5. The number of benzene rings is 2. The number of carboxylic acid groups (broad SMARTS) is 1. The average molecular weight is 273 g/mol. The number of amides is 1. The maximum atomic E-state index is 10.6. The van der Waals surface area contributed by atoms with E-state index < -0.39 is 6.09 Å². The van der Waals surface area contributed by atoms with Crippen molar-refractivity contribution in [2.24, 2.45) is 0 Å². The number of para-hydroxylation sites is 1. The Kier molecular flexibility index (Phi) is 2.83. The number of fused-ring (bicyclic) bond motifs is 2. The van der Waals surface area contributed by atoms with Gasteiger partial charge in [-0.1, -0.05) is 6.07 Å². The predicted molar refractivity (Wildman–Crippen MR) is 71.2 cm³/mol. The molecule has 2 aromatic rings. The molecule has 0 aromatic heterocycles. The first-order chi connectivity index (χ1) is 9.67. The Hall–Kier alpha value is -2.89. The third-order valence-corrected chi connectivity index (χ3v) is 2.79. The van der Waals surface area contributed by atoms with Crippen LogP contribution in [-0.4, -0.2) is 18.3 Å². The van der Waals surface area contributed by atoms with E-state index in [0.717, 1.165) is 0 Å². The molecule has 3 rings (SSSR count). The molecule has 0 fully saturated rings. The van der Waals surface area contributed by atoms with Gasteiger partial charge in [0, 0.05) is 11.8 Å². The van der Waals surface area contributed by atoms with Gasteiger partial charge in [0.2, 0.25) is 5.75 Å². The Bertz CT molecular complexity index is 683. The van der Waals surface area contributed by atoms with Crippen LogP contribution in [0.15, 0.2) is 36.4 Å². The molecule has 20 heavy (non-hydrogen) atoms. The number of nitrogens with one attached hydrogen (secondary N) is 1. The highest BCUT2D eigenvalue weighted by Gasteiger charge is 2.22. The lowest BCUT2D eigenvalue weighted by molar-refractivity contribution is 0.209. The lowest BCUT2D eigenvalue weighted by Crippen LogP contribution is -2.08. The zero-order valence-electron chi connectivity index (χ0n) is 10.5. The van der Waals surface area contributed by atoms with Crippen LogP contribution >= 0.6 is 0 Å². The van der Waals surface area contributed by atoms with Crippen molar-refractivity contribution < 1.29 is 24.1 Å². The van der Waals surface area contributed by atoms with Gasteiger partial charge in [0.05, 0.1) is 7.11 Å². The summed E-state index contributed by atoms with van der Waals surface area (Å²) in [6.07, 6.45) is -1.14. The topological polar surface area (TPSA) is 77.0 Å². The summed E-state index contributed by atoms with van der Waals surface area (Å²) in [5.74, 6) is 2.53. The van der Waals surface area contributed by atoms with Crippen molar-refractivity contribution in [1.82, 2.24) is 0 Å². The van der Waals surface area contributed by atoms with Crippen LogP contribution in [0.5, 0.6) is 28.7 Å². The Morgan fingerprint density at radius 3 is 2.75 bits per heavy atom. The van der Waals surface area contributed by atoms with Crippen molar-refractivity contribution in [3.8, 4) is 28.7 Å². The summed E-state index contributed by atoms with van der Waals surface area (Å²) < 4.78 is 16.6. The highest BCUT2D eigenvalue weighted by Crippen LogP contribution is 2.49. The maximum absolute atomic E-state index is 10.6. The first kappa shape index (κ1) is 12.2. The van der Waals surface area contributed by atoms with E-state index in [4.69, 9.17) is 19.3 Å². The molecule has 1 heterocycles. The fourth-order valence-electron chi connectivity index (χ4n) is 1.94. The molecular weight excluding hydrogens is 262 g/mol. The van der Waals surface area contributed by atoms with Gasteiger partial charge < -0.3 is 19.3 Å². The highest BCUT2D eigenvalue weighted by molar-refractivity contribution is 5.83. The Morgan fingerprint density at radius 1 is 1.15 bits per heavy atom. The lowest BCUT2D eigenvalue weighted by Gasteiger charge is -2.22. The van der Waals surface area contributed by atoms with Crippen LogP contribution < -0.4 is 19.5 Å².